The zero-order valence-electron chi connectivity index (χ0n) is 13.0. The molecular formula is C18H17N3O2. The molecular weight excluding hydrogens is 290 g/mol. The van der Waals surface area contributed by atoms with E-state index in [1.165, 1.54) is 0 Å². The highest BCUT2D eigenvalue weighted by Gasteiger charge is 2.11. The van der Waals surface area contributed by atoms with Crippen molar-refractivity contribution in [2.45, 2.75) is 6.92 Å². The summed E-state index contributed by atoms with van der Waals surface area (Å²) in [6.07, 6.45) is 0. The molecule has 2 aromatic carbocycles. The maximum absolute atomic E-state index is 12.2. The molecule has 1 amide bonds. The minimum absolute atomic E-state index is 0.190. The van der Waals surface area contributed by atoms with E-state index in [9.17, 15) is 4.79 Å². The van der Waals surface area contributed by atoms with Crippen molar-refractivity contribution in [2.75, 3.05) is 5.32 Å². The smallest absolute Gasteiger partial charge is 0.273 e. The molecule has 0 saturated carbocycles. The van der Waals surface area contributed by atoms with Gasteiger partial charge in [0.25, 0.3) is 5.91 Å². The number of hydrogen-bond donors (Lipinski definition) is 1. The van der Waals surface area contributed by atoms with Crippen LogP contribution in [0.3, 0.4) is 0 Å². The van der Waals surface area contributed by atoms with E-state index in [4.69, 9.17) is 4.74 Å². The molecule has 0 unspecified atom stereocenters. The van der Waals surface area contributed by atoms with E-state index in [0.717, 1.165) is 11.4 Å². The van der Waals surface area contributed by atoms with Gasteiger partial charge in [-0.2, -0.15) is 5.10 Å². The summed E-state index contributed by atoms with van der Waals surface area (Å²) in [7, 11) is 1.75. The summed E-state index contributed by atoms with van der Waals surface area (Å²) in [6, 6.07) is 18.5. The molecule has 0 spiro atoms. The minimum Gasteiger partial charge on any atom is -0.457 e. The van der Waals surface area contributed by atoms with Gasteiger partial charge in [0.15, 0.2) is 0 Å². The van der Waals surface area contributed by atoms with Gasteiger partial charge in [0.2, 0.25) is 0 Å². The van der Waals surface area contributed by atoms with Crippen LogP contribution in [-0.4, -0.2) is 15.7 Å². The molecule has 5 heteroatoms. The van der Waals surface area contributed by atoms with Gasteiger partial charge < -0.3 is 10.1 Å². The third-order valence-corrected chi connectivity index (χ3v) is 3.33. The normalized spacial score (nSPS) is 10.3. The lowest BCUT2D eigenvalue weighted by Crippen LogP contribution is -2.15. The minimum atomic E-state index is -0.190. The van der Waals surface area contributed by atoms with Crippen molar-refractivity contribution >= 4 is 11.6 Å². The lowest BCUT2D eigenvalue weighted by molar-refractivity contribution is 0.101. The number of ether oxygens (including phenoxy) is 1. The largest absolute Gasteiger partial charge is 0.457 e. The van der Waals surface area contributed by atoms with E-state index in [1.54, 1.807) is 29.9 Å². The van der Waals surface area contributed by atoms with Crippen LogP contribution < -0.4 is 10.1 Å². The van der Waals surface area contributed by atoms with Gasteiger partial charge >= 0.3 is 0 Å². The van der Waals surface area contributed by atoms with E-state index in [-0.39, 0.29) is 5.91 Å². The van der Waals surface area contributed by atoms with E-state index in [0.29, 0.717) is 17.1 Å². The molecule has 0 radical (unpaired) electrons. The SMILES string of the molecule is Cc1cc(C(=O)Nc2ccc(Oc3ccccc3)cc2)n(C)n1. The van der Waals surface area contributed by atoms with Crippen molar-refractivity contribution in [2.24, 2.45) is 7.05 Å². The molecule has 23 heavy (non-hydrogen) atoms. The van der Waals surface area contributed by atoms with Gasteiger partial charge in [-0.25, -0.2) is 0 Å². The van der Waals surface area contributed by atoms with Gasteiger partial charge in [-0.1, -0.05) is 18.2 Å². The molecule has 0 aliphatic carbocycles. The summed E-state index contributed by atoms with van der Waals surface area (Å²) in [5.41, 5.74) is 2.03. The van der Waals surface area contributed by atoms with Crippen molar-refractivity contribution in [3.8, 4) is 11.5 Å². The van der Waals surface area contributed by atoms with Crippen LogP contribution in [-0.2, 0) is 7.05 Å². The fraction of sp³-hybridized carbons (Fsp3) is 0.111. The lowest BCUT2D eigenvalue weighted by atomic mass is 10.2. The summed E-state index contributed by atoms with van der Waals surface area (Å²) in [5.74, 6) is 1.30. The number of para-hydroxylation sites is 1. The molecule has 0 bridgehead atoms. The standard InChI is InChI=1S/C18H17N3O2/c1-13-12-17(21(2)20-13)18(22)19-14-8-10-16(11-9-14)23-15-6-4-3-5-7-15/h3-12H,1-2H3,(H,19,22). The second-order valence-corrected chi connectivity index (χ2v) is 5.19. The van der Waals surface area contributed by atoms with Crippen LogP contribution >= 0.6 is 0 Å². The third kappa shape index (κ3) is 3.58. The molecule has 1 heterocycles. The Kier molecular flexibility index (Phi) is 4.10. The van der Waals surface area contributed by atoms with Gasteiger partial charge in [-0.05, 0) is 49.4 Å². The van der Waals surface area contributed by atoms with Crippen LogP contribution in [0, 0.1) is 6.92 Å². The summed E-state index contributed by atoms with van der Waals surface area (Å²) >= 11 is 0. The van der Waals surface area contributed by atoms with Crippen molar-refractivity contribution < 1.29 is 9.53 Å². The van der Waals surface area contributed by atoms with E-state index >= 15 is 0 Å². The zero-order chi connectivity index (χ0) is 16.2. The molecule has 0 fully saturated rings. The van der Waals surface area contributed by atoms with Crippen molar-refractivity contribution in [3.05, 3.63) is 72.1 Å². The van der Waals surface area contributed by atoms with Crippen LogP contribution in [0.4, 0.5) is 5.69 Å². The van der Waals surface area contributed by atoms with Crippen LogP contribution in [0.15, 0.2) is 60.7 Å². The first-order valence-corrected chi connectivity index (χ1v) is 7.27. The highest BCUT2D eigenvalue weighted by atomic mass is 16.5. The number of nitrogens with zero attached hydrogens (tertiary/aromatic N) is 2. The number of aryl methyl sites for hydroxylation is 2. The number of anilines is 1. The number of benzene rings is 2. The first-order chi connectivity index (χ1) is 11.1. The number of aromatic nitrogens is 2. The predicted octanol–water partition coefficient (Wildman–Crippen LogP) is 3.77. The number of rotatable bonds is 4. The fourth-order valence-electron chi connectivity index (χ4n) is 2.25. The first-order valence-electron chi connectivity index (χ1n) is 7.27. The van der Waals surface area contributed by atoms with Gasteiger partial charge in [0.05, 0.1) is 5.69 Å². The Bertz CT molecular complexity index is 808. The summed E-state index contributed by atoms with van der Waals surface area (Å²) < 4.78 is 7.29. The Labute approximate surface area is 134 Å². The molecule has 0 aliphatic heterocycles. The topological polar surface area (TPSA) is 56.1 Å². The Morgan fingerprint density at radius 2 is 1.70 bits per heavy atom. The molecule has 1 N–H and O–H groups in total. The summed E-state index contributed by atoms with van der Waals surface area (Å²) in [5, 5.41) is 7.02. The highest BCUT2D eigenvalue weighted by molar-refractivity contribution is 6.03. The highest BCUT2D eigenvalue weighted by Crippen LogP contribution is 2.22. The average molecular weight is 307 g/mol. The van der Waals surface area contributed by atoms with Crippen molar-refractivity contribution in [1.29, 1.82) is 0 Å². The quantitative estimate of drug-likeness (QED) is 0.798. The third-order valence-electron chi connectivity index (χ3n) is 3.33. The molecule has 0 atom stereocenters. The Morgan fingerprint density at radius 1 is 1.04 bits per heavy atom. The molecule has 1 aromatic heterocycles. The van der Waals surface area contributed by atoms with Gasteiger partial charge in [-0.15, -0.1) is 0 Å². The number of amides is 1. The maximum atomic E-state index is 12.2. The molecule has 5 nitrogen and oxygen atoms in total. The van der Waals surface area contributed by atoms with Crippen LogP contribution in [0.2, 0.25) is 0 Å². The Hall–Kier alpha value is -3.08. The number of nitrogens with one attached hydrogen (secondary N) is 1. The van der Waals surface area contributed by atoms with Crippen LogP contribution in [0.25, 0.3) is 0 Å². The predicted molar refractivity (Wildman–Crippen MR) is 88.9 cm³/mol. The average Bonchev–Trinajstić information content (AvgIpc) is 2.89. The lowest BCUT2D eigenvalue weighted by Gasteiger charge is -2.08. The molecule has 116 valence electrons. The van der Waals surface area contributed by atoms with Gasteiger partial charge in [-0.3, -0.25) is 9.48 Å². The first kappa shape index (κ1) is 14.8. The Morgan fingerprint density at radius 3 is 2.30 bits per heavy atom. The van der Waals surface area contributed by atoms with Crippen LogP contribution in [0.1, 0.15) is 16.2 Å². The molecule has 3 aromatic rings. The molecule has 0 saturated heterocycles. The summed E-state index contributed by atoms with van der Waals surface area (Å²) in [4.78, 5) is 12.2. The van der Waals surface area contributed by atoms with E-state index < -0.39 is 0 Å². The zero-order valence-corrected chi connectivity index (χ0v) is 13.0. The van der Waals surface area contributed by atoms with E-state index in [1.807, 2.05) is 49.4 Å². The second kappa shape index (κ2) is 6.36. The van der Waals surface area contributed by atoms with E-state index in [2.05, 4.69) is 10.4 Å². The van der Waals surface area contributed by atoms with Crippen LogP contribution in [0.5, 0.6) is 11.5 Å². The number of hydrogen-bond acceptors (Lipinski definition) is 3. The van der Waals surface area contributed by atoms with Gasteiger partial charge in [0, 0.05) is 12.7 Å². The van der Waals surface area contributed by atoms with Gasteiger partial charge in [0.1, 0.15) is 17.2 Å². The Balaban J connectivity index is 1.68. The van der Waals surface area contributed by atoms with Crippen molar-refractivity contribution in [1.82, 2.24) is 9.78 Å². The molecule has 0 aliphatic rings. The fourth-order valence-corrected chi connectivity index (χ4v) is 2.25. The summed E-state index contributed by atoms with van der Waals surface area (Å²) in [6.45, 7) is 1.85. The molecule has 3 rings (SSSR count). The van der Waals surface area contributed by atoms with Crippen molar-refractivity contribution in [3.63, 3.8) is 0 Å². The second-order valence-electron chi connectivity index (χ2n) is 5.19. The maximum Gasteiger partial charge on any atom is 0.273 e. The monoisotopic (exact) mass is 307 g/mol. The number of carbonyl (C=O) groups excluding carboxylic acids is 1. The number of carbonyl (C=O) groups is 1.